The van der Waals surface area contributed by atoms with Crippen LogP contribution in [0.5, 0.6) is 0 Å². The second-order valence-corrected chi connectivity index (χ2v) is 5.45. The number of carbonyl (C=O) groups excluding carboxylic acids is 4. The van der Waals surface area contributed by atoms with Gasteiger partial charge in [-0.15, -0.1) is 11.6 Å². The fourth-order valence-corrected chi connectivity index (χ4v) is 2.50. The minimum atomic E-state index is -1.54. The van der Waals surface area contributed by atoms with Gasteiger partial charge in [0.2, 0.25) is 12.4 Å². The molecule has 9 nitrogen and oxygen atoms in total. The molecule has 0 saturated carbocycles. The molecule has 1 rings (SSSR count). The van der Waals surface area contributed by atoms with Crippen molar-refractivity contribution < 1.29 is 42.9 Å². The van der Waals surface area contributed by atoms with Gasteiger partial charge in [-0.05, 0) is 0 Å². The SMILES string of the molecule is CC(=O)OC[C@@]1(CCl)OC(OC(C)=O)[C@H](OC(C)=O)[C@@H]1OC(C)=O. The summed E-state index contributed by atoms with van der Waals surface area (Å²) in [6.07, 6.45) is -3.87. The number of ether oxygens (including phenoxy) is 5. The summed E-state index contributed by atoms with van der Waals surface area (Å²) in [6.45, 7) is 4.17. The summed E-state index contributed by atoms with van der Waals surface area (Å²) < 4.78 is 25.7. The summed E-state index contributed by atoms with van der Waals surface area (Å²) in [7, 11) is 0. The third kappa shape index (κ3) is 5.07. The van der Waals surface area contributed by atoms with Crippen LogP contribution in [0.2, 0.25) is 0 Å². The van der Waals surface area contributed by atoms with E-state index in [9.17, 15) is 19.2 Å². The van der Waals surface area contributed by atoms with Crippen LogP contribution in [-0.4, -0.2) is 60.5 Å². The average molecular weight is 367 g/mol. The molecule has 0 amide bonds. The largest absolute Gasteiger partial charge is 0.463 e. The van der Waals surface area contributed by atoms with E-state index in [1.165, 1.54) is 6.92 Å². The molecule has 24 heavy (non-hydrogen) atoms. The second-order valence-electron chi connectivity index (χ2n) is 5.18. The van der Waals surface area contributed by atoms with E-state index in [1.54, 1.807) is 0 Å². The predicted octanol–water partition coefficient (Wildman–Crippen LogP) is 0.310. The number of carbonyl (C=O) groups is 4. The van der Waals surface area contributed by atoms with E-state index in [0.29, 0.717) is 0 Å². The first kappa shape index (κ1) is 20.2. The molecule has 0 aromatic rings. The first-order chi connectivity index (χ1) is 11.1. The van der Waals surface area contributed by atoms with E-state index in [2.05, 4.69) is 0 Å². The monoisotopic (exact) mass is 366 g/mol. The first-order valence-electron chi connectivity index (χ1n) is 7.00. The Labute approximate surface area is 143 Å². The number of rotatable bonds is 6. The van der Waals surface area contributed by atoms with Gasteiger partial charge in [-0.3, -0.25) is 19.2 Å². The van der Waals surface area contributed by atoms with Crippen LogP contribution >= 0.6 is 11.6 Å². The Bertz CT molecular complexity index is 520. The molecule has 0 N–H and O–H groups in total. The molecular weight excluding hydrogens is 348 g/mol. The minimum Gasteiger partial charge on any atom is -0.463 e. The molecular formula is C14H19ClO9. The Morgan fingerprint density at radius 3 is 1.88 bits per heavy atom. The fraction of sp³-hybridized carbons (Fsp3) is 0.714. The number of hydrogen-bond donors (Lipinski definition) is 0. The molecule has 0 aromatic heterocycles. The van der Waals surface area contributed by atoms with E-state index < -0.39 is 48.0 Å². The molecule has 0 radical (unpaired) electrons. The van der Waals surface area contributed by atoms with Gasteiger partial charge in [0.25, 0.3) is 0 Å². The molecule has 136 valence electrons. The number of halogens is 1. The zero-order valence-corrected chi connectivity index (χ0v) is 14.5. The Balaban J connectivity index is 3.21. The second kappa shape index (κ2) is 8.29. The van der Waals surface area contributed by atoms with Crippen LogP contribution < -0.4 is 0 Å². The molecule has 0 spiro atoms. The summed E-state index contributed by atoms with van der Waals surface area (Å²) in [4.78, 5) is 45.1. The van der Waals surface area contributed by atoms with Gasteiger partial charge in [-0.25, -0.2) is 0 Å². The standard InChI is InChI=1S/C14H19ClO9/c1-7(16)20-6-14(5-15)12(22-9(3)18)11(21-8(2)17)13(24-14)23-10(4)19/h11-13H,5-6H2,1-4H3/t11-,12+,13?,14-/m1/s1. The van der Waals surface area contributed by atoms with Gasteiger partial charge < -0.3 is 23.7 Å². The van der Waals surface area contributed by atoms with E-state index in [0.717, 1.165) is 20.8 Å². The Kier molecular flexibility index (Phi) is 6.97. The van der Waals surface area contributed by atoms with Crippen molar-refractivity contribution >= 4 is 35.5 Å². The Hall–Kier alpha value is -1.87. The van der Waals surface area contributed by atoms with Crippen molar-refractivity contribution in [1.82, 2.24) is 0 Å². The highest BCUT2D eigenvalue weighted by Crippen LogP contribution is 2.37. The maximum absolute atomic E-state index is 11.4. The average Bonchev–Trinajstić information content (AvgIpc) is 2.70. The normalized spacial score (nSPS) is 28.8. The number of esters is 4. The van der Waals surface area contributed by atoms with E-state index in [4.69, 9.17) is 35.3 Å². The fourth-order valence-electron chi connectivity index (χ4n) is 2.21. The Morgan fingerprint density at radius 1 is 0.917 bits per heavy atom. The van der Waals surface area contributed by atoms with Crippen molar-refractivity contribution in [3.63, 3.8) is 0 Å². The van der Waals surface area contributed by atoms with E-state index >= 15 is 0 Å². The molecule has 10 heteroatoms. The van der Waals surface area contributed by atoms with Gasteiger partial charge in [0.1, 0.15) is 6.61 Å². The zero-order valence-electron chi connectivity index (χ0n) is 13.7. The van der Waals surface area contributed by atoms with Gasteiger partial charge in [-0.2, -0.15) is 0 Å². The lowest BCUT2D eigenvalue weighted by Gasteiger charge is -2.31. The third-order valence-corrected chi connectivity index (χ3v) is 3.51. The maximum atomic E-state index is 11.4. The first-order valence-corrected chi connectivity index (χ1v) is 7.53. The van der Waals surface area contributed by atoms with Crippen molar-refractivity contribution in [3.8, 4) is 0 Å². The maximum Gasteiger partial charge on any atom is 0.305 e. The van der Waals surface area contributed by atoms with Gasteiger partial charge >= 0.3 is 23.9 Å². The van der Waals surface area contributed by atoms with Crippen LogP contribution in [0.1, 0.15) is 27.7 Å². The summed E-state index contributed by atoms with van der Waals surface area (Å²) in [5.41, 5.74) is -1.54. The molecule has 1 unspecified atom stereocenters. The smallest absolute Gasteiger partial charge is 0.305 e. The van der Waals surface area contributed by atoms with Gasteiger partial charge in [0.15, 0.2) is 11.7 Å². The summed E-state index contributed by atoms with van der Waals surface area (Å²) in [5, 5.41) is 0. The minimum absolute atomic E-state index is 0.284. The topological polar surface area (TPSA) is 114 Å². The van der Waals surface area contributed by atoms with E-state index in [-0.39, 0.29) is 12.5 Å². The highest BCUT2D eigenvalue weighted by atomic mass is 35.5. The van der Waals surface area contributed by atoms with Crippen LogP contribution in [-0.2, 0) is 42.9 Å². The zero-order chi connectivity index (χ0) is 18.5. The van der Waals surface area contributed by atoms with Crippen LogP contribution in [0.3, 0.4) is 0 Å². The van der Waals surface area contributed by atoms with Crippen LogP contribution in [0.15, 0.2) is 0 Å². The highest BCUT2D eigenvalue weighted by molar-refractivity contribution is 6.18. The molecule has 0 aliphatic carbocycles. The quantitative estimate of drug-likeness (QED) is 0.372. The molecule has 0 aromatic carbocycles. The summed E-state index contributed by atoms with van der Waals surface area (Å²) in [6, 6.07) is 0. The Morgan fingerprint density at radius 2 is 1.46 bits per heavy atom. The van der Waals surface area contributed by atoms with Gasteiger partial charge in [0, 0.05) is 27.7 Å². The van der Waals surface area contributed by atoms with Gasteiger partial charge in [0.05, 0.1) is 5.88 Å². The molecule has 4 atom stereocenters. The van der Waals surface area contributed by atoms with Crippen molar-refractivity contribution in [2.45, 2.75) is 51.8 Å². The third-order valence-electron chi connectivity index (χ3n) is 3.06. The lowest BCUT2D eigenvalue weighted by atomic mass is 9.98. The summed E-state index contributed by atoms with van der Waals surface area (Å²) >= 11 is 5.94. The lowest BCUT2D eigenvalue weighted by molar-refractivity contribution is -0.208. The van der Waals surface area contributed by atoms with Crippen molar-refractivity contribution in [2.24, 2.45) is 0 Å². The van der Waals surface area contributed by atoms with Crippen molar-refractivity contribution in [3.05, 3.63) is 0 Å². The summed E-state index contributed by atoms with van der Waals surface area (Å²) in [5.74, 6) is -3.04. The molecule has 1 aliphatic rings. The van der Waals surface area contributed by atoms with Crippen LogP contribution in [0.25, 0.3) is 0 Å². The molecule has 1 fully saturated rings. The van der Waals surface area contributed by atoms with Crippen LogP contribution in [0.4, 0.5) is 0 Å². The molecule has 0 bridgehead atoms. The van der Waals surface area contributed by atoms with Crippen molar-refractivity contribution in [1.29, 1.82) is 0 Å². The lowest BCUT2D eigenvalue weighted by Crippen LogP contribution is -2.52. The number of alkyl halides is 1. The molecule has 1 saturated heterocycles. The highest BCUT2D eigenvalue weighted by Gasteiger charge is 2.61. The predicted molar refractivity (Wildman–Crippen MR) is 77.8 cm³/mol. The van der Waals surface area contributed by atoms with E-state index in [1.807, 2.05) is 0 Å². The molecule has 1 aliphatic heterocycles. The molecule has 1 heterocycles. The number of hydrogen-bond acceptors (Lipinski definition) is 9. The van der Waals surface area contributed by atoms with Crippen molar-refractivity contribution in [2.75, 3.05) is 12.5 Å². The van der Waals surface area contributed by atoms with Crippen LogP contribution in [0, 0.1) is 0 Å². The van der Waals surface area contributed by atoms with Gasteiger partial charge in [-0.1, -0.05) is 0 Å².